The fourth-order valence-corrected chi connectivity index (χ4v) is 2.77. The number of anilines is 1. The van der Waals surface area contributed by atoms with E-state index in [0.29, 0.717) is 12.3 Å². The Balaban J connectivity index is 2.89. The Morgan fingerprint density at radius 1 is 1.43 bits per heavy atom. The molecular formula is C14H22N2O4S. The van der Waals surface area contributed by atoms with Gasteiger partial charge in [0.2, 0.25) is 15.9 Å². The van der Waals surface area contributed by atoms with Gasteiger partial charge in [-0.25, -0.2) is 8.42 Å². The van der Waals surface area contributed by atoms with E-state index < -0.39 is 10.0 Å². The average Bonchev–Trinajstić information content (AvgIpc) is 2.34. The van der Waals surface area contributed by atoms with E-state index in [4.69, 9.17) is 4.74 Å². The highest BCUT2D eigenvalue weighted by Crippen LogP contribution is 2.18. The third-order valence-corrected chi connectivity index (χ3v) is 3.94. The van der Waals surface area contributed by atoms with Crippen molar-refractivity contribution in [3.8, 4) is 0 Å². The van der Waals surface area contributed by atoms with E-state index >= 15 is 0 Å². The lowest BCUT2D eigenvalue weighted by Crippen LogP contribution is -2.44. The van der Waals surface area contributed by atoms with E-state index in [2.05, 4.69) is 5.32 Å². The Morgan fingerprint density at radius 2 is 2.10 bits per heavy atom. The van der Waals surface area contributed by atoms with Crippen LogP contribution in [0.25, 0.3) is 0 Å². The Labute approximate surface area is 126 Å². The van der Waals surface area contributed by atoms with Crippen LogP contribution in [-0.2, 0) is 19.6 Å². The summed E-state index contributed by atoms with van der Waals surface area (Å²) in [5.74, 6) is -0.369. The standard InChI is InChI=1S/C14H22N2O4S/c1-11-6-5-7-13(8-11)16(21(4,18)19)9-14(17)15-12(2)10-20-3/h5-8,12H,9-10H2,1-4H3,(H,15,17)/t12-/m0/s1. The quantitative estimate of drug-likeness (QED) is 0.812. The van der Waals surface area contributed by atoms with Crippen molar-refractivity contribution in [2.75, 3.05) is 30.8 Å². The molecule has 1 N–H and O–H groups in total. The second kappa shape index (κ2) is 7.42. The summed E-state index contributed by atoms with van der Waals surface area (Å²) in [6.45, 7) is 3.77. The maximum Gasteiger partial charge on any atom is 0.241 e. The van der Waals surface area contributed by atoms with Gasteiger partial charge in [-0.2, -0.15) is 0 Å². The maximum atomic E-state index is 12.0. The van der Waals surface area contributed by atoms with Crippen LogP contribution in [-0.4, -0.2) is 46.9 Å². The van der Waals surface area contributed by atoms with Crippen LogP contribution in [0.4, 0.5) is 5.69 Å². The number of carbonyl (C=O) groups excluding carboxylic acids is 1. The van der Waals surface area contributed by atoms with Gasteiger partial charge in [-0.3, -0.25) is 9.10 Å². The maximum absolute atomic E-state index is 12.0. The zero-order chi connectivity index (χ0) is 16.0. The van der Waals surface area contributed by atoms with Crippen LogP contribution >= 0.6 is 0 Å². The van der Waals surface area contributed by atoms with Crippen LogP contribution in [0.2, 0.25) is 0 Å². The van der Waals surface area contributed by atoms with Gasteiger partial charge >= 0.3 is 0 Å². The van der Waals surface area contributed by atoms with E-state index in [1.807, 2.05) is 13.0 Å². The van der Waals surface area contributed by atoms with Crippen molar-refractivity contribution in [2.24, 2.45) is 0 Å². The van der Waals surface area contributed by atoms with Crippen LogP contribution in [0.1, 0.15) is 12.5 Å². The van der Waals surface area contributed by atoms with Gasteiger partial charge in [0.1, 0.15) is 6.54 Å². The summed E-state index contributed by atoms with van der Waals surface area (Å²) in [6, 6.07) is 6.84. The van der Waals surface area contributed by atoms with Gasteiger partial charge in [0.25, 0.3) is 0 Å². The highest BCUT2D eigenvalue weighted by molar-refractivity contribution is 7.92. The molecular weight excluding hydrogens is 292 g/mol. The number of hydrogen-bond donors (Lipinski definition) is 1. The smallest absolute Gasteiger partial charge is 0.241 e. The van der Waals surface area contributed by atoms with Gasteiger partial charge in [0, 0.05) is 13.2 Å². The van der Waals surface area contributed by atoms with Crippen molar-refractivity contribution in [3.05, 3.63) is 29.8 Å². The number of methoxy groups -OCH3 is 1. The number of nitrogens with one attached hydrogen (secondary N) is 1. The van der Waals surface area contributed by atoms with Crippen molar-refractivity contribution in [2.45, 2.75) is 19.9 Å². The molecule has 0 unspecified atom stereocenters. The Bertz CT molecular complexity index is 586. The molecule has 0 saturated carbocycles. The number of nitrogens with zero attached hydrogens (tertiary/aromatic N) is 1. The molecule has 1 aromatic rings. The van der Waals surface area contributed by atoms with Crippen LogP contribution in [0.3, 0.4) is 0 Å². The average molecular weight is 314 g/mol. The summed E-state index contributed by atoms with van der Waals surface area (Å²) in [6.07, 6.45) is 1.08. The van der Waals surface area contributed by atoms with Gasteiger partial charge in [-0.05, 0) is 31.5 Å². The number of hydrogen-bond acceptors (Lipinski definition) is 4. The van der Waals surface area contributed by atoms with Crippen molar-refractivity contribution >= 4 is 21.6 Å². The molecule has 0 aromatic heterocycles. The number of amides is 1. The molecule has 21 heavy (non-hydrogen) atoms. The van der Waals surface area contributed by atoms with Gasteiger partial charge in [-0.15, -0.1) is 0 Å². The van der Waals surface area contributed by atoms with Gasteiger partial charge < -0.3 is 10.1 Å². The topological polar surface area (TPSA) is 75.7 Å². The first-order valence-electron chi connectivity index (χ1n) is 6.56. The second-order valence-corrected chi connectivity index (χ2v) is 6.94. The molecule has 0 aliphatic heterocycles. The molecule has 0 heterocycles. The number of aryl methyl sites for hydroxylation is 1. The predicted octanol–water partition coefficient (Wildman–Crippen LogP) is 0.912. The SMILES string of the molecule is COC[C@H](C)NC(=O)CN(c1cccc(C)c1)S(C)(=O)=O. The van der Waals surface area contributed by atoms with Crippen LogP contribution < -0.4 is 9.62 Å². The van der Waals surface area contributed by atoms with E-state index in [0.717, 1.165) is 16.1 Å². The molecule has 1 atom stereocenters. The first kappa shape index (κ1) is 17.5. The summed E-state index contributed by atoms with van der Waals surface area (Å²) >= 11 is 0. The van der Waals surface area contributed by atoms with Gasteiger partial charge in [-0.1, -0.05) is 12.1 Å². The van der Waals surface area contributed by atoms with Gasteiger partial charge in [0.15, 0.2) is 0 Å². The van der Waals surface area contributed by atoms with Crippen LogP contribution in [0, 0.1) is 6.92 Å². The number of ether oxygens (including phenoxy) is 1. The van der Waals surface area contributed by atoms with Crippen LogP contribution in [0.5, 0.6) is 0 Å². The van der Waals surface area contributed by atoms with E-state index in [9.17, 15) is 13.2 Å². The summed E-state index contributed by atoms with van der Waals surface area (Å²) in [5.41, 5.74) is 1.40. The predicted molar refractivity (Wildman–Crippen MR) is 82.8 cm³/mol. The van der Waals surface area contributed by atoms with E-state index in [1.165, 1.54) is 7.11 Å². The van der Waals surface area contributed by atoms with Crippen molar-refractivity contribution in [1.82, 2.24) is 5.32 Å². The molecule has 0 fully saturated rings. The monoisotopic (exact) mass is 314 g/mol. The minimum Gasteiger partial charge on any atom is -0.383 e. The molecule has 0 bridgehead atoms. The number of rotatable bonds is 7. The molecule has 1 aromatic carbocycles. The third kappa shape index (κ3) is 5.73. The fourth-order valence-electron chi connectivity index (χ4n) is 1.93. The largest absolute Gasteiger partial charge is 0.383 e. The molecule has 0 spiro atoms. The molecule has 6 nitrogen and oxygen atoms in total. The first-order valence-corrected chi connectivity index (χ1v) is 8.41. The molecule has 0 radical (unpaired) electrons. The highest BCUT2D eigenvalue weighted by atomic mass is 32.2. The van der Waals surface area contributed by atoms with E-state index in [1.54, 1.807) is 25.1 Å². The summed E-state index contributed by atoms with van der Waals surface area (Å²) in [4.78, 5) is 12.0. The second-order valence-electron chi connectivity index (χ2n) is 5.03. The lowest BCUT2D eigenvalue weighted by atomic mass is 10.2. The minimum atomic E-state index is -3.54. The number of sulfonamides is 1. The normalized spacial score (nSPS) is 12.8. The fraction of sp³-hybridized carbons (Fsp3) is 0.500. The molecule has 7 heteroatoms. The molecule has 0 aliphatic rings. The summed E-state index contributed by atoms with van der Waals surface area (Å²) in [7, 11) is -2.00. The Hall–Kier alpha value is -1.60. The molecule has 0 aliphatic carbocycles. The molecule has 1 amide bonds. The van der Waals surface area contributed by atoms with E-state index in [-0.39, 0.29) is 18.5 Å². The van der Waals surface area contributed by atoms with Gasteiger partial charge in [0.05, 0.1) is 18.6 Å². The lowest BCUT2D eigenvalue weighted by molar-refractivity contribution is -0.120. The zero-order valence-electron chi connectivity index (χ0n) is 12.8. The minimum absolute atomic E-state index is 0.179. The summed E-state index contributed by atoms with van der Waals surface area (Å²) < 4.78 is 29.8. The molecule has 0 saturated heterocycles. The zero-order valence-corrected chi connectivity index (χ0v) is 13.6. The number of benzene rings is 1. The van der Waals surface area contributed by atoms with Crippen molar-refractivity contribution in [3.63, 3.8) is 0 Å². The Kier molecular flexibility index (Phi) is 6.17. The lowest BCUT2D eigenvalue weighted by Gasteiger charge is -2.23. The number of carbonyl (C=O) groups is 1. The molecule has 1 rings (SSSR count). The Morgan fingerprint density at radius 3 is 2.62 bits per heavy atom. The summed E-state index contributed by atoms with van der Waals surface area (Å²) in [5, 5.41) is 2.70. The van der Waals surface area contributed by atoms with Crippen molar-refractivity contribution < 1.29 is 17.9 Å². The molecule has 118 valence electrons. The van der Waals surface area contributed by atoms with Crippen molar-refractivity contribution in [1.29, 1.82) is 0 Å². The van der Waals surface area contributed by atoms with Crippen LogP contribution in [0.15, 0.2) is 24.3 Å². The third-order valence-electron chi connectivity index (χ3n) is 2.80. The highest BCUT2D eigenvalue weighted by Gasteiger charge is 2.21. The first-order chi connectivity index (χ1) is 9.74.